The van der Waals surface area contributed by atoms with Crippen LogP contribution in [-0.4, -0.2) is 37.4 Å². The molecular weight excluding hydrogens is 240 g/mol. The average molecular weight is 258 g/mol. The number of aldehydes is 1. The first-order valence-corrected chi connectivity index (χ1v) is 6.62. The monoisotopic (exact) mass is 258 g/mol. The maximum Gasteiger partial charge on any atom is 0.124 e. The number of carbonyl (C=O) groups excluding carboxylic acids is 1. The zero-order valence-electron chi connectivity index (χ0n) is 10.9. The van der Waals surface area contributed by atoms with Gasteiger partial charge in [-0.3, -0.25) is 4.90 Å². The smallest absolute Gasteiger partial charge is 0.124 e. The SMILES string of the molecule is N#Cc1ccc(OCCN2CCCC(C=O)C2)cc1. The van der Waals surface area contributed by atoms with Crippen molar-refractivity contribution in [1.82, 2.24) is 4.90 Å². The van der Waals surface area contributed by atoms with E-state index in [-0.39, 0.29) is 5.92 Å². The van der Waals surface area contributed by atoms with E-state index in [1.807, 2.05) is 12.1 Å². The highest BCUT2D eigenvalue weighted by Crippen LogP contribution is 2.15. The third-order valence-electron chi connectivity index (χ3n) is 3.39. The van der Waals surface area contributed by atoms with Crippen molar-refractivity contribution in [1.29, 1.82) is 5.26 Å². The Hall–Kier alpha value is -1.86. The van der Waals surface area contributed by atoms with Crippen molar-refractivity contribution in [3.63, 3.8) is 0 Å². The molecule has 1 aromatic rings. The van der Waals surface area contributed by atoms with E-state index >= 15 is 0 Å². The van der Waals surface area contributed by atoms with E-state index in [1.165, 1.54) is 0 Å². The molecule has 0 radical (unpaired) electrons. The van der Waals surface area contributed by atoms with Gasteiger partial charge in [0.2, 0.25) is 0 Å². The number of benzene rings is 1. The summed E-state index contributed by atoms with van der Waals surface area (Å²) in [7, 11) is 0. The van der Waals surface area contributed by atoms with Crippen LogP contribution in [0.1, 0.15) is 18.4 Å². The first-order chi connectivity index (χ1) is 9.31. The van der Waals surface area contributed by atoms with Crippen LogP contribution in [-0.2, 0) is 4.79 Å². The lowest BCUT2D eigenvalue weighted by molar-refractivity contribution is -0.112. The van der Waals surface area contributed by atoms with Crippen LogP contribution in [0.2, 0.25) is 0 Å². The summed E-state index contributed by atoms with van der Waals surface area (Å²) < 4.78 is 5.64. The number of hydrogen-bond donors (Lipinski definition) is 0. The van der Waals surface area contributed by atoms with Gasteiger partial charge in [-0.15, -0.1) is 0 Å². The van der Waals surface area contributed by atoms with Gasteiger partial charge in [-0.2, -0.15) is 5.26 Å². The third kappa shape index (κ3) is 4.08. The van der Waals surface area contributed by atoms with Crippen molar-refractivity contribution in [2.24, 2.45) is 5.92 Å². The summed E-state index contributed by atoms with van der Waals surface area (Å²) in [5.74, 6) is 0.964. The predicted molar refractivity (Wildman–Crippen MR) is 71.9 cm³/mol. The Labute approximate surface area is 113 Å². The zero-order chi connectivity index (χ0) is 13.5. The number of nitrogens with zero attached hydrogens (tertiary/aromatic N) is 2. The van der Waals surface area contributed by atoms with Crippen LogP contribution in [0, 0.1) is 17.2 Å². The van der Waals surface area contributed by atoms with Gasteiger partial charge in [-0.25, -0.2) is 0 Å². The second kappa shape index (κ2) is 6.91. The summed E-state index contributed by atoms with van der Waals surface area (Å²) in [6.45, 7) is 3.34. The first kappa shape index (κ1) is 13.6. The van der Waals surface area contributed by atoms with Gasteiger partial charge >= 0.3 is 0 Å². The Morgan fingerprint density at radius 3 is 2.89 bits per heavy atom. The highest BCUT2D eigenvalue weighted by Gasteiger charge is 2.18. The molecule has 1 atom stereocenters. The topological polar surface area (TPSA) is 53.3 Å². The number of rotatable bonds is 5. The number of carbonyl (C=O) groups is 1. The number of likely N-dealkylation sites (tertiary alicyclic amines) is 1. The van der Waals surface area contributed by atoms with E-state index in [0.717, 1.165) is 44.5 Å². The van der Waals surface area contributed by atoms with Crippen LogP contribution in [0.5, 0.6) is 5.75 Å². The zero-order valence-corrected chi connectivity index (χ0v) is 10.9. The van der Waals surface area contributed by atoms with E-state index in [2.05, 4.69) is 11.0 Å². The van der Waals surface area contributed by atoms with Crippen molar-refractivity contribution in [2.45, 2.75) is 12.8 Å². The van der Waals surface area contributed by atoms with Gasteiger partial charge in [-0.1, -0.05) is 0 Å². The van der Waals surface area contributed by atoms with Gasteiger partial charge in [0.15, 0.2) is 0 Å². The molecule has 2 rings (SSSR count). The minimum absolute atomic E-state index is 0.184. The van der Waals surface area contributed by atoms with Crippen molar-refractivity contribution in [3.8, 4) is 11.8 Å². The summed E-state index contributed by atoms with van der Waals surface area (Å²) in [5.41, 5.74) is 0.636. The Balaban J connectivity index is 1.73. The van der Waals surface area contributed by atoms with Crippen LogP contribution in [0.4, 0.5) is 0 Å². The van der Waals surface area contributed by atoms with E-state index in [0.29, 0.717) is 12.2 Å². The molecule has 0 amide bonds. The number of nitriles is 1. The van der Waals surface area contributed by atoms with Crippen molar-refractivity contribution < 1.29 is 9.53 Å². The minimum atomic E-state index is 0.184. The molecular formula is C15H18N2O2. The molecule has 1 fully saturated rings. The van der Waals surface area contributed by atoms with Crippen LogP contribution >= 0.6 is 0 Å². The fourth-order valence-corrected chi connectivity index (χ4v) is 2.32. The van der Waals surface area contributed by atoms with E-state index in [1.54, 1.807) is 12.1 Å². The summed E-state index contributed by atoms with van der Waals surface area (Å²) in [6.07, 6.45) is 3.16. The lowest BCUT2D eigenvalue weighted by atomic mass is 10.00. The Bertz CT molecular complexity index is 450. The molecule has 1 unspecified atom stereocenters. The van der Waals surface area contributed by atoms with Crippen LogP contribution < -0.4 is 4.74 Å². The fraction of sp³-hybridized carbons (Fsp3) is 0.467. The molecule has 4 heteroatoms. The number of hydrogen-bond acceptors (Lipinski definition) is 4. The Kier molecular flexibility index (Phi) is 4.93. The normalized spacial score (nSPS) is 19.6. The highest BCUT2D eigenvalue weighted by atomic mass is 16.5. The quantitative estimate of drug-likeness (QED) is 0.756. The lowest BCUT2D eigenvalue weighted by Crippen LogP contribution is -2.38. The third-order valence-corrected chi connectivity index (χ3v) is 3.39. The molecule has 1 heterocycles. The Morgan fingerprint density at radius 2 is 2.21 bits per heavy atom. The molecule has 0 N–H and O–H groups in total. The molecule has 0 aromatic heterocycles. The number of piperidine rings is 1. The van der Waals surface area contributed by atoms with Crippen molar-refractivity contribution in [3.05, 3.63) is 29.8 Å². The predicted octanol–water partition coefficient (Wildman–Crippen LogP) is 1.85. The summed E-state index contributed by atoms with van der Waals surface area (Å²) >= 11 is 0. The van der Waals surface area contributed by atoms with Gasteiger partial charge in [0.05, 0.1) is 11.6 Å². The molecule has 1 aliphatic heterocycles. The maximum atomic E-state index is 10.8. The van der Waals surface area contributed by atoms with E-state index in [9.17, 15) is 4.79 Å². The molecule has 4 nitrogen and oxygen atoms in total. The Morgan fingerprint density at radius 1 is 1.42 bits per heavy atom. The molecule has 19 heavy (non-hydrogen) atoms. The van der Waals surface area contributed by atoms with Gasteiger partial charge in [-0.05, 0) is 43.7 Å². The number of ether oxygens (including phenoxy) is 1. The van der Waals surface area contributed by atoms with E-state index < -0.39 is 0 Å². The molecule has 1 aromatic carbocycles. The molecule has 1 aliphatic rings. The molecule has 1 saturated heterocycles. The van der Waals surface area contributed by atoms with Crippen molar-refractivity contribution in [2.75, 3.05) is 26.2 Å². The van der Waals surface area contributed by atoms with Crippen LogP contribution in [0.15, 0.2) is 24.3 Å². The van der Waals surface area contributed by atoms with Gasteiger partial charge in [0, 0.05) is 19.0 Å². The van der Waals surface area contributed by atoms with Crippen LogP contribution in [0.3, 0.4) is 0 Å². The first-order valence-electron chi connectivity index (χ1n) is 6.62. The standard InChI is InChI=1S/C15H18N2O2/c16-10-13-3-5-15(6-4-13)19-9-8-17-7-1-2-14(11-17)12-18/h3-6,12,14H,1-2,7-9,11H2. The maximum absolute atomic E-state index is 10.8. The summed E-state index contributed by atoms with van der Waals surface area (Å²) in [5, 5.41) is 8.70. The largest absolute Gasteiger partial charge is 0.492 e. The van der Waals surface area contributed by atoms with Crippen LogP contribution in [0.25, 0.3) is 0 Å². The fourth-order valence-electron chi connectivity index (χ4n) is 2.32. The summed E-state index contributed by atoms with van der Waals surface area (Å²) in [6, 6.07) is 9.19. The van der Waals surface area contributed by atoms with Gasteiger partial charge in [0.1, 0.15) is 18.6 Å². The highest BCUT2D eigenvalue weighted by molar-refractivity contribution is 5.53. The second-order valence-corrected chi connectivity index (χ2v) is 4.82. The molecule has 0 aliphatic carbocycles. The molecule has 100 valence electrons. The second-order valence-electron chi connectivity index (χ2n) is 4.82. The van der Waals surface area contributed by atoms with Gasteiger partial charge in [0.25, 0.3) is 0 Å². The minimum Gasteiger partial charge on any atom is -0.492 e. The molecule has 0 bridgehead atoms. The molecule has 0 spiro atoms. The van der Waals surface area contributed by atoms with Gasteiger partial charge < -0.3 is 9.53 Å². The van der Waals surface area contributed by atoms with Crippen molar-refractivity contribution >= 4 is 6.29 Å². The molecule has 0 saturated carbocycles. The summed E-state index contributed by atoms with van der Waals surface area (Å²) in [4.78, 5) is 13.0. The lowest BCUT2D eigenvalue weighted by Gasteiger charge is -2.29. The van der Waals surface area contributed by atoms with E-state index in [4.69, 9.17) is 10.00 Å². The average Bonchev–Trinajstić information content (AvgIpc) is 2.48.